The van der Waals surface area contributed by atoms with Gasteiger partial charge in [0.05, 0.1) is 10.6 Å². The summed E-state index contributed by atoms with van der Waals surface area (Å²) < 4.78 is 28.4. The molecule has 3 N–H and O–H groups in total. The van der Waals surface area contributed by atoms with Gasteiger partial charge in [-0.15, -0.1) is 0 Å². The lowest BCUT2D eigenvalue weighted by molar-refractivity contribution is 0.601. The number of hydrogen-bond acceptors (Lipinski definition) is 3. The number of nitrogens with one attached hydrogen (secondary N) is 3. The molecule has 0 fully saturated rings. The number of anilines is 3. The Hall–Kier alpha value is -2.90. The molecule has 0 heterocycles. The molecular formula is C24H27N3O2S2. The molecule has 0 aromatic heterocycles. The van der Waals surface area contributed by atoms with Crippen LogP contribution in [0.2, 0.25) is 0 Å². The van der Waals surface area contributed by atoms with E-state index < -0.39 is 10.0 Å². The minimum Gasteiger partial charge on any atom is -0.332 e. The lowest BCUT2D eigenvalue weighted by Crippen LogP contribution is -2.19. The maximum absolute atomic E-state index is 12.9. The van der Waals surface area contributed by atoms with Gasteiger partial charge in [-0.05, 0) is 105 Å². The molecule has 0 radical (unpaired) electrons. The SMILES string of the molecule is Cc1cc(C)c(NS(=O)(=O)c2ccc(NC(=S)Nc3ccc(C)c(C)c3)cc2)c(C)c1. The zero-order valence-electron chi connectivity index (χ0n) is 18.3. The van der Waals surface area contributed by atoms with Crippen LogP contribution in [-0.4, -0.2) is 13.5 Å². The van der Waals surface area contributed by atoms with Gasteiger partial charge in [-0.3, -0.25) is 4.72 Å². The summed E-state index contributed by atoms with van der Waals surface area (Å²) in [5.41, 5.74) is 7.48. The molecule has 0 aliphatic heterocycles. The molecule has 0 saturated heterocycles. The van der Waals surface area contributed by atoms with Crippen LogP contribution in [-0.2, 0) is 10.0 Å². The predicted octanol–water partition coefficient (Wildman–Crippen LogP) is 5.84. The molecule has 0 unspecified atom stereocenters. The minimum absolute atomic E-state index is 0.186. The van der Waals surface area contributed by atoms with Crippen LogP contribution >= 0.6 is 12.2 Å². The number of benzene rings is 3. The molecule has 3 aromatic carbocycles. The summed E-state index contributed by atoms with van der Waals surface area (Å²) in [6.07, 6.45) is 0. The van der Waals surface area contributed by atoms with Crippen molar-refractivity contribution in [2.45, 2.75) is 39.5 Å². The van der Waals surface area contributed by atoms with Gasteiger partial charge in [0.15, 0.2) is 5.11 Å². The Kier molecular flexibility index (Phi) is 6.67. The highest BCUT2D eigenvalue weighted by Gasteiger charge is 2.17. The largest absolute Gasteiger partial charge is 0.332 e. The standard InChI is InChI=1S/C24H27N3O2S2/c1-15-12-18(4)23(19(5)13-15)27-31(28,29)22-10-8-20(9-11-22)25-24(30)26-21-7-6-16(2)17(3)14-21/h6-14,27H,1-5H3,(H2,25,26,30). The maximum atomic E-state index is 12.9. The zero-order chi connectivity index (χ0) is 22.8. The van der Waals surface area contributed by atoms with Gasteiger partial charge in [0.25, 0.3) is 10.0 Å². The third kappa shape index (κ3) is 5.62. The third-order valence-electron chi connectivity index (χ3n) is 5.10. The van der Waals surface area contributed by atoms with Gasteiger partial charge in [0.2, 0.25) is 0 Å². The van der Waals surface area contributed by atoms with Crippen LogP contribution in [0, 0.1) is 34.6 Å². The van der Waals surface area contributed by atoms with Crippen molar-refractivity contribution in [1.82, 2.24) is 0 Å². The molecule has 162 valence electrons. The molecule has 3 aromatic rings. The van der Waals surface area contributed by atoms with Crippen molar-refractivity contribution < 1.29 is 8.42 Å². The summed E-state index contributed by atoms with van der Waals surface area (Å²) in [5, 5.41) is 6.66. The van der Waals surface area contributed by atoms with E-state index in [1.165, 1.54) is 11.1 Å². The molecule has 7 heteroatoms. The molecule has 3 rings (SSSR count). The molecule has 0 saturated carbocycles. The third-order valence-corrected chi connectivity index (χ3v) is 6.67. The highest BCUT2D eigenvalue weighted by Crippen LogP contribution is 2.25. The summed E-state index contributed by atoms with van der Waals surface area (Å²) in [6, 6.07) is 16.4. The van der Waals surface area contributed by atoms with Gasteiger partial charge in [0, 0.05) is 11.4 Å². The lowest BCUT2D eigenvalue weighted by Gasteiger charge is -2.15. The second-order valence-corrected chi connectivity index (χ2v) is 9.87. The summed E-state index contributed by atoms with van der Waals surface area (Å²) in [4.78, 5) is 0.186. The Morgan fingerprint density at radius 3 is 1.84 bits per heavy atom. The van der Waals surface area contributed by atoms with Crippen molar-refractivity contribution in [2.75, 3.05) is 15.4 Å². The average molecular weight is 454 g/mol. The van der Waals surface area contributed by atoms with Crippen molar-refractivity contribution in [3.8, 4) is 0 Å². The topological polar surface area (TPSA) is 70.2 Å². The average Bonchev–Trinajstić information content (AvgIpc) is 2.68. The van der Waals surface area contributed by atoms with Gasteiger partial charge in [-0.25, -0.2) is 8.42 Å². The van der Waals surface area contributed by atoms with Crippen LogP contribution in [0.5, 0.6) is 0 Å². The number of thiocarbonyl (C=S) groups is 1. The monoisotopic (exact) mass is 453 g/mol. The minimum atomic E-state index is -3.70. The Morgan fingerprint density at radius 2 is 1.26 bits per heavy atom. The number of sulfonamides is 1. The van der Waals surface area contributed by atoms with Crippen molar-refractivity contribution in [2.24, 2.45) is 0 Å². The van der Waals surface area contributed by atoms with Gasteiger partial charge in [-0.1, -0.05) is 23.8 Å². The summed E-state index contributed by atoms with van der Waals surface area (Å²) >= 11 is 5.37. The molecule has 31 heavy (non-hydrogen) atoms. The Labute approximate surface area is 190 Å². The van der Waals surface area contributed by atoms with Gasteiger partial charge in [0.1, 0.15) is 0 Å². The van der Waals surface area contributed by atoms with Gasteiger partial charge < -0.3 is 10.6 Å². The molecule has 0 aliphatic carbocycles. The van der Waals surface area contributed by atoms with Crippen LogP contribution in [0.1, 0.15) is 27.8 Å². The Bertz CT molecular complexity index is 1210. The van der Waals surface area contributed by atoms with E-state index in [2.05, 4.69) is 22.3 Å². The number of aryl methyl sites for hydroxylation is 5. The van der Waals surface area contributed by atoms with E-state index in [0.717, 1.165) is 22.4 Å². The maximum Gasteiger partial charge on any atom is 0.261 e. The van der Waals surface area contributed by atoms with E-state index in [9.17, 15) is 8.42 Å². The number of hydrogen-bond donors (Lipinski definition) is 3. The molecule has 0 amide bonds. The first-order chi connectivity index (χ1) is 14.5. The lowest BCUT2D eigenvalue weighted by atomic mass is 10.1. The fraction of sp³-hybridized carbons (Fsp3) is 0.208. The molecule has 0 spiro atoms. The first-order valence-electron chi connectivity index (χ1n) is 9.91. The first-order valence-corrected chi connectivity index (χ1v) is 11.8. The normalized spacial score (nSPS) is 11.1. The van der Waals surface area contributed by atoms with Crippen molar-refractivity contribution in [1.29, 1.82) is 0 Å². The second kappa shape index (κ2) is 9.08. The smallest absolute Gasteiger partial charge is 0.261 e. The molecular weight excluding hydrogens is 426 g/mol. The summed E-state index contributed by atoms with van der Waals surface area (Å²) in [5.74, 6) is 0. The second-order valence-electron chi connectivity index (χ2n) is 7.78. The number of rotatable bonds is 5. The van der Waals surface area contributed by atoms with E-state index in [4.69, 9.17) is 12.2 Å². The van der Waals surface area contributed by atoms with Gasteiger partial charge in [-0.2, -0.15) is 0 Å². The van der Waals surface area contributed by atoms with E-state index in [0.29, 0.717) is 16.5 Å². The van der Waals surface area contributed by atoms with Crippen LogP contribution < -0.4 is 15.4 Å². The fourth-order valence-electron chi connectivity index (χ4n) is 3.36. The quantitative estimate of drug-likeness (QED) is 0.424. The first kappa shape index (κ1) is 22.8. The van der Waals surface area contributed by atoms with Crippen LogP contribution in [0.3, 0.4) is 0 Å². The highest BCUT2D eigenvalue weighted by atomic mass is 32.2. The molecule has 5 nitrogen and oxygen atoms in total. The van der Waals surface area contributed by atoms with Crippen molar-refractivity contribution in [3.63, 3.8) is 0 Å². The summed E-state index contributed by atoms with van der Waals surface area (Å²) in [6.45, 7) is 9.89. The van der Waals surface area contributed by atoms with Crippen molar-refractivity contribution >= 4 is 44.4 Å². The van der Waals surface area contributed by atoms with Crippen molar-refractivity contribution in [3.05, 3.63) is 82.4 Å². The molecule has 0 aliphatic rings. The van der Waals surface area contributed by atoms with Crippen LogP contribution in [0.15, 0.2) is 59.5 Å². The van der Waals surface area contributed by atoms with E-state index in [1.807, 2.05) is 58.0 Å². The molecule has 0 bridgehead atoms. The zero-order valence-corrected chi connectivity index (χ0v) is 20.0. The molecule has 0 atom stereocenters. The predicted molar refractivity (Wildman–Crippen MR) is 134 cm³/mol. The van der Waals surface area contributed by atoms with Crippen LogP contribution in [0.4, 0.5) is 17.1 Å². The van der Waals surface area contributed by atoms with E-state index >= 15 is 0 Å². The van der Waals surface area contributed by atoms with E-state index in [1.54, 1.807) is 24.3 Å². The van der Waals surface area contributed by atoms with Gasteiger partial charge >= 0.3 is 0 Å². The Morgan fingerprint density at radius 1 is 0.710 bits per heavy atom. The van der Waals surface area contributed by atoms with E-state index in [-0.39, 0.29) is 4.90 Å². The summed E-state index contributed by atoms with van der Waals surface area (Å²) in [7, 11) is -3.70. The fourth-order valence-corrected chi connectivity index (χ4v) is 4.80. The Balaban J connectivity index is 1.70. The highest BCUT2D eigenvalue weighted by molar-refractivity contribution is 7.92. The van der Waals surface area contributed by atoms with Crippen LogP contribution in [0.25, 0.3) is 0 Å².